The molecule has 0 radical (unpaired) electrons. The zero-order valence-electron chi connectivity index (χ0n) is 11.8. The Hall–Kier alpha value is -2.30. The van der Waals surface area contributed by atoms with Crippen LogP contribution >= 0.6 is 0 Å². The number of nitrogens with one attached hydrogen (secondary N) is 1. The van der Waals surface area contributed by atoms with Gasteiger partial charge in [-0.05, 0) is 43.2 Å². The van der Waals surface area contributed by atoms with Crippen LogP contribution in [-0.2, 0) is 6.54 Å². The molecule has 5 heteroatoms. The third-order valence-electron chi connectivity index (χ3n) is 2.96. The molecule has 0 saturated heterocycles. The van der Waals surface area contributed by atoms with Crippen LogP contribution in [0.4, 0.5) is 0 Å². The standard InChI is InChI=1S/C15H19N3O2/c1-12-10-17-18(11-12)9-3-8-16-15(19)13-4-6-14(20-2)7-5-13/h4-7,10-11H,3,8-9H2,1-2H3,(H,16,19). The van der Waals surface area contributed by atoms with Crippen molar-refractivity contribution >= 4 is 5.91 Å². The topological polar surface area (TPSA) is 56.1 Å². The highest BCUT2D eigenvalue weighted by atomic mass is 16.5. The molecule has 106 valence electrons. The summed E-state index contributed by atoms with van der Waals surface area (Å²) in [5, 5.41) is 7.09. The van der Waals surface area contributed by atoms with E-state index in [0.717, 1.165) is 24.3 Å². The Kier molecular flexibility index (Phi) is 4.76. The number of aryl methyl sites for hydroxylation is 2. The van der Waals surface area contributed by atoms with Crippen LogP contribution in [0, 0.1) is 6.92 Å². The van der Waals surface area contributed by atoms with Crippen LogP contribution in [-0.4, -0.2) is 29.3 Å². The molecule has 0 aliphatic carbocycles. The summed E-state index contributed by atoms with van der Waals surface area (Å²) < 4.78 is 6.94. The van der Waals surface area contributed by atoms with Crippen LogP contribution in [0.3, 0.4) is 0 Å². The summed E-state index contributed by atoms with van der Waals surface area (Å²) in [5.74, 6) is 0.680. The molecule has 0 spiro atoms. The molecular formula is C15H19N3O2. The molecule has 1 heterocycles. The Morgan fingerprint density at radius 3 is 2.70 bits per heavy atom. The monoisotopic (exact) mass is 273 g/mol. The van der Waals surface area contributed by atoms with E-state index in [2.05, 4.69) is 10.4 Å². The number of hydrogen-bond acceptors (Lipinski definition) is 3. The maximum atomic E-state index is 11.9. The molecule has 0 unspecified atom stereocenters. The number of nitrogens with zero attached hydrogens (tertiary/aromatic N) is 2. The molecule has 5 nitrogen and oxygen atoms in total. The highest BCUT2D eigenvalue weighted by Gasteiger charge is 2.04. The van der Waals surface area contributed by atoms with Crippen molar-refractivity contribution in [2.75, 3.05) is 13.7 Å². The zero-order valence-corrected chi connectivity index (χ0v) is 11.8. The Morgan fingerprint density at radius 1 is 1.35 bits per heavy atom. The average molecular weight is 273 g/mol. The van der Waals surface area contributed by atoms with Gasteiger partial charge in [0, 0.05) is 24.8 Å². The lowest BCUT2D eigenvalue weighted by Gasteiger charge is -2.06. The largest absolute Gasteiger partial charge is 0.497 e. The first-order valence-corrected chi connectivity index (χ1v) is 6.60. The van der Waals surface area contributed by atoms with Crippen LogP contribution in [0.2, 0.25) is 0 Å². The Balaban J connectivity index is 1.74. The summed E-state index contributed by atoms with van der Waals surface area (Å²) in [7, 11) is 1.60. The molecular weight excluding hydrogens is 254 g/mol. The van der Waals surface area contributed by atoms with Crippen molar-refractivity contribution in [1.82, 2.24) is 15.1 Å². The minimum atomic E-state index is -0.0655. The molecule has 0 atom stereocenters. The summed E-state index contributed by atoms with van der Waals surface area (Å²) in [6, 6.07) is 7.07. The summed E-state index contributed by atoms with van der Waals surface area (Å²) in [6.07, 6.45) is 4.67. The Morgan fingerprint density at radius 2 is 2.10 bits per heavy atom. The lowest BCUT2D eigenvalue weighted by Crippen LogP contribution is -2.25. The highest BCUT2D eigenvalue weighted by Crippen LogP contribution is 2.10. The molecule has 0 aliphatic rings. The molecule has 1 amide bonds. The summed E-state index contributed by atoms with van der Waals surface area (Å²) in [5.41, 5.74) is 1.79. The molecule has 0 aliphatic heterocycles. The van der Waals surface area contributed by atoms with Crippen LogP contribution < -0.4 is 10.1 Å². The number of methoxy groups -OCH3 is 1. The molecule has 0 bridgehead atoms. The number of rotatable bonds is 6. The number of carbonyl (C=O) groups excluding carboxylic acids is 1. The lowest BCUT2D eigenvalue weighted by atomic mass is 10.2. The highest BCUT2D eigenvalue weighted by molar-refractivity contribution is 5.94. The van der Waals surface area contributed by atoms with Gasteiger partial charge in [0.25, 0.3) is 5.91 Å². The zero-order chi connectivity index (χ0) is 14.4. The first-order valence-electron chi connectivity index (χ1n) is 6.60. The second kappa shape index (κ2) is 6.75. The fraction of sp³-hybridized carbons (Fsp3) is 0.333. The Labute approximate surface area is 118 Å². The van der Waals surface area contributed by atoms with Crippen LogP contribution in [0.15, 0.2) is 36.7 Å². The van der Waals surface area contributed by atoms with Gasteiger partial charge in [-0.3, -0.25) is 9.48 Å². The van der Waals surface area contributed by atoms with E-state index >= 15 is 0 Å². The molecule has 0 fully saturated rings. The van der Waals surface area contributed by atoms with Gasteiger partial charge in [-0.2, -0.15) is 5.10 Å². The SMILES string of the molecule is COc1ccc(C(=O)NCCCn2cc(C)cn2)cc1. The number of hydrogen-bond donors (Lipinski definition) is 1. The third kappa shape index (κ3) is 3.85. The van der Waals surface area contributed by atoms with E-state index in [1.165, 1.54) is 0 Å². The van der Waals surface area contributed by atoms with E-state index in [4.69, 9.17) is 4.74 Å². The van der Waals surface area contributed by atoms with Crippen molar-refractivity contribution in [1.29, 1.82) is 0 Å². The fourth-order valence-electron chi connectivity index (χ4n) is 1.88. The quantitative estimate of drug-likeness (QED) is 0.819. The van der Waals surface area contributed by atoms with Crippen molar-refractivity contribution in [2.24, 2.45) is 0 Å². The van der Waals surface area contributed by atoms with Gasteiger partial charge in [0.2, 0.25) is 0 Å². The second-order valence-corrected chi connectivity index (χ2v) is 4.62. The van der Waals surface area contributed by atoms with Gasteiger partial charge in [-0.15, -0.1) is 0 Å². The summed E-state index contributed by atoms with van der Waals surface area (Å²) >= 11 is 0. The van der Waals surface area contributed by atoms with E-state index in [-0.39, 0.29) is 5.91 Å². The maximum Gasteiger partial charge on any atom is 0.251 e. The van der Waals surface area contributed by atoms with Gasteiger partial charge in [0.15, 0.2) is 0 Å². The Bertz CT molecular complexity index is 561. The van der Waals surface area contributed by atoms with Gasteiger partial charge in [0.05, 0.1) is 13.3 Å². The lowest BCUT2D eigenvalue weighted by molar-refractivity contribution is 0.0952. The normalized spacial score (nSPS) is 10.3. The first-order chi connectivity index (χ1) is 9.69. The molecule has 0 saturated carbocycles. The second-order valence-electron chi connectivity index (χ2n) is 4.62. The van der Waals surface area contributed by atoms with Crippen molar-refractivity contribution in [3.8, 4) is 5.75 Å². The van der Waals surface area contributed by atoms with Gasteiger partial charge in [0.1, 0.15) is 5.75 Å². The van der Waals surface area contributed by atoms with E-state index in [1.54, 1.807) is 31.4 Å². The number of aromatic nitrogens is 2. The van der Waals surface area contributed by atoms with Crippen molar-refractivity contribution in [3.05, 3.63) is 47.8 Å². The molecule has 1 aromatic carbocycles. The van der Waals surface area contributed by atoms with Gasteiger partial charge in [-0.25, -0.2) is 0 Å². The fourth-order valence-corrected chi connectivity index (χ4v) is 1.88. The number of benzene rings is 1. The van der Waals surface area contributed by atoms with Crippen LogP contribution in [0.1, 0.15) is 22.3 Å². The van der Waals surface area contributed by atoms with E-state index in [9.17, 15) is 4.79 Å². The predicted molar refractivity (Wildman–Crippen MR) is 76.9 cm³/mol. The third-order valence-corrected chi connectivity index (χ3v) is 2.96. The number of carbonyl (C=O) groups is 1. The van der Waals surface area contributed by atoms with Gasteiger partial charge >= 0.3 is 0 Å². The molecule has 1 aromatic heterocycles. The molecule has 2 aromatic rings. The van der Waals surface area contributed by atoms with Crippen molar-refractivity contribution in [3.63, 3.8) is 0 Å². The molecule has 20 heavy (non-hydrogen) atoms. The van der Waals surface area contributed by atoms with Gasteiger partial charge in [-0.1, -0.05) is 0 Å². The number of amides is 1. The predicted octanol–water partition coefficient (Wildman–Crippen LogP) is 2.02. The van der Waals surface area contributed by atoms with Crippen molar-refractivity contribution < 1.29 is 9.53 Å². The summed E-state index contributed by atoms with van der Waals surface area (Å²) in [4.78, 5) is 11.9. The van der Waals surface area contributed by atoms with E-state index in [1.807, 2.05) is 24.0 Å². The maximum absolute atomic E-state index is 11.9. The minimum absolute atomic E-state index is 0.0655. The van der Waals surface area contributed by atoms with E-state index in [0.29, 0.717) is 12.1 Å². The van der Waals surface area contributed by atoms with Crippen molar-refractivity contribution in [2.45, 2.75) is 19.9 Å². The van der Waals surface area contributed by atoms with E-state index < -0.39 is 0 Å². The minimum Gasteiger partial charge on any atom is -0.497 e. The summed E-state index contributed by atoms with van der Waals surface area (Å²) in [6.45, 7) is 3.44. The first kappa shape index (κ1) is 14.1. The number of ether oxygens (including phenoxy) is 1. The molecule has 2 rings (SSSR count). The molecule has 1 N–H and O–H groups in total. The smallest absolute Gasteiger partial charge is 0.251 e. The average Bonchev–Trinajstić information content (AvgIpc) is 2.89. The van der Waals surface area contributed by atoms with Gasteiger partial charge < -0.3 is 10.1 Å². The van der Waals surface area contributed by atoms with Crippen LogP contribution in [0.5, 0.6) is 5.75 Å². The van der Waals surface area contributed by atoms with Crippen LogP contribution in [0.25, 0.3) is 0 Å².